The molecule has 6 heteroatoms. The van der Waals surface area contributed by atoms with Crippen LogP contribution in [0.1, 0.15) is 46.1 Å². The maximum absolute atomic E-state index is 11.5. The first-order valence-electron chi connectivity index (χ1n) is 11.2. The number of aryl methyl sites for hydroxylation is 1. The van der Waals surface area contributed by atoms with Crippen molar-refractivity contribution in [3.8, 4) is 5.69 Å². The van der Waals surface area contributed by atoms with E-state index in [1.807, 2.05) is 13.0 Å². The molecule has 0 spiro atoms. The molecule has 3 heterocycles. The second-order valence-corrected chi connectivity index (χ2v) is 8.95. The summed E-state index contributed by atoms with van der Waals surface area (Å²) in [4.78, 5) is 13.9. The van der Waals surface area contributed by atoms with Crippen LogP contribution < -0.4 is 5.73 Å². The number of likely N-dealkylation sites (tertiary alicyclic amines) is 1. The summed E-state index contributed by atoms with van der Waals surface area (Å²) >= 11 is 0. The summed E-state index contributed by atoms with van der Waals surface area (Å²) in [7, 11) is 2.21. The van der Waals surface area contributed by atoms with Crippen molar-refractivity contribution in [1.82, 2.24) is 19.2 Å². The van der Waals surface area contributed by atoms with Gasteiger partial charge in [-0.05, 0) is 87.3 Å². The van der Waals surface area contributed by atoms with E-state index < -0.39 is 5.91 Å². The van der Waals surface area contributed by atoms with Crippen molar-refractivity contribution in [2.45, 2.75) is 32.2 Å². The van der Waals surface area contributed by atoms with Gasteiger partial charge >= 0.3 is 0 Å². The van der Waals surface area contributed by atoms with Gasteiger partial charge in [-0.3, -0.25) is 4.79 Å². The summed E-state index contributed by atoms with van der Waals surface area (Å²) in [5.41, 5.74) is 11.4. The Morgan fingerprint density at radius 3 is 2.50 bits per heavy atom. The number of fused-ring (bicyclic) bond motifs is 1. The van der Waals surface area contributed by atoms with Gasteiger partial charge in [0.25, 0.3) is 5.91 Å². The molecular formula is C26H29N5O. The van der Waals surface area contributed by atoms with E-state index in [0.717, 1.165) is 23.3 Å². The smallest absolute Gasteiger partial charge is 0.269 e. The minimum absolute atomic E-state index is 0.281. The van der Waals surface area contributed by atoms with Crippen molar-refractivity contribution in [2.24, 2.45) is 5.73 Å². The number of aromatic nitrogens is 3. The highest BCUT2D eigenvalue weighted by molar-refractivity contribution is 5.91. The van der Waals surface area contributed by atoms with Gasteiger partial charge < -0.3 is 15.2 Å². The third kappa shape index (κ3) is 3.94. The summed E-state index contributed by atoms with van der Waals surface area (Å²) in [6.45, 7) is 5.13. The van der Waals surface area contributed by atoms with E-state index in [4.69, 9.17) is 5.73 Å². The Morgan fingerprint density at radius 1 is 1.06 bits per heavy atom. The molecule has 1 amide bonds. The summed E-state index contributed by atoms with van der Waals surface area (Å²) in [5.74, 6) is 0.174. The molecular weight excluding hydrogens is 398 g/mol. The second-order valence-electron chi connectivity index (χ2n) is 8.95. The SMILES string of the molecule is Cc1cc(C(N)=O)nn1-c1ccc2c(ccn2Cc2ccc(C3CCN(C)CC3)cc2)c1. The number of hydrogen-bond donors (Lipinski definition) is 1. The zero-order valence-electron chi connectivity index (χ0n) is 18.7. The lowest BCUT2D eigenvalue weighted by Gasteiger charge is -2.29. The van der Waals surface area contributed by atoms with E-state index in [-0.39, 0.29) is 5.69 Å². The van der Waals surface area contributed by atoms with Crippen LogP contribution in [0, 0.1) is 6.92 Å². The molecule has 4 aromatic rings. The molecule has 0 saturated carbocycles. The van der Waals surface area contributed by atoms with Crippen LogP contribution in [0.2, 0.25) is 0 Å². The molecule has 2 aromatic heterocycles. The van der Waals surface area contributed by atoms with Crippen LogP contribution in [0.25, 0.3) is 16.6 Å². The topological polar surface area (TPSA) is 69.1 Å². The average molecular weight is 428 g/mol. The number of hydrogen-bond acceptors (Lipinski definition) is 3. The molecule has 1 fully saturated rings. The van der Waals surface area contributed by atoms with Crippen LogP contribution in [0.4, 0.5) is 0 Å². The van der Waals surface area contributed by atoms with Crippen molar-refractivity contribution >= 4 is 16.8 Å². The van der Waals surface area contributed by atoms with Crippen molar-refractivity contribution in [3.63, 3.8) is 0 Å². The maximum Gasteiger partial charge on any atom is 0.269 e. The molecule has 0 bridgehead atoms. The van der Waals surface area contributed by atoms with Crippen LogP contribution in [-0.4, -0.2) is 45.3 Å². The van der Waals surface area contributed by atoms with Crippen LogP contribution in [0.3, 0.4) is 0 Å². The zero-order valence-corrected chi connectivity index (χ0v) is 18.7. The van der Waals surface area contributed by atoms with Gasteiger partial charge in [0.15, 0.2) is 5.69 Å². The fraction of sp³-hybridized carbons (Fsp3) is 0.308. The third-order valence-corrected chi connectivity index (χ3v) is 6.66. The number of nitrogens with zero attached hydrogens (tertiary/aromatic N) is 4. The van der Waals surface area contributed by atoms with Gasteiger partial charge in [0, 0.05) is 29.3 Å². The molecule has 1 saturated heterocycles. The summed E-state index contributed by atoms with van der Waals surface area (Å²) in [5, 5.41) is 5.48. The van der Waals surface area contributed by atoms with Crippen molar-refractivity contribution in [2.75, 3.05) is 20.1 Å². The Kier molecular flexibility index (Phi) is 5.31. The molecule has 2 N–H and O–H groups in total. The Labute approximate surface area is 188 Å². The van der Waals surface area contributed by atoms with Gasteiger partial charge in [-0.25, -0.2) is 4.68 Å². The van der Waals surface area contributed by atoms with E-state index in [0.29, 0.717) is 5.92 Å². The van der Waals surface area contributed by atoms with Crippen molar-refractivity contribution in [1.29, 1.82) is 0 Å². The number of rotatable bonds is 5. The predicted molar refractivity (Wildman–Crippen MR) is 127 cm³/mol. The zero-order chi connectivity index (χ0) is 22.2. The lowest BCUT2D eigenvalue weighted by Crippen LogP contribution is -2.29. The predicted octanol–water partition coefficient (Wildman–Crippen LogP) is 4.09. The molecule has 164 valence electrons. The Morgan fingerprint density at radius 2 is 1.81 bits per heavy atom. The lowest BCUT2D eigenvalue weighted by molar-refractivity contribution is 0.0995. The van der Waals surface area contributed by atoms with Crippen LogP contribution in [0.5, 0.6) is 0 Å². The van der Waals surface area contributed by atoms with E-state index >= 15 is 0 Å². The molecule has 6 nitrogen and oxygen atoms in total. The van der Waals surface area contributed by atoms with Gasteiger partial charge in [-0.15, -0.1) is 0 Å². The van der Waals surface area contributed by atoms with Gasteiger partial charge in [0.2, 0.25) is 0 Å². The molecule has 0 radical (unpaired) electrons. The standard InChI is InChI=1S/C26H29N5O/c1-18-15-24(26(27)32)28-31(18)23-7-8-25-22(16-23)11-14-30(25)17-19-3-5-20(6-4-19)21-9-12-29(2)13-10-21/h3-8,11,14-16,21H,9-10,12-13,17H2,1-2H3,(H2,27,32). The molecule has 0 unspecified atom stereocenters. The second kappa shape index (κ2) is 8.28. The highest BCUT2D eigenvalue weighted by Gasteiger charge is 2.18. The summed E-state index contributed by atoms with van der Waals surface area (Å²) in [6.07, 6.45) is 4.62. The van der Waals surface area contributed by atoms with Crippen LogP contribution in [-0.2, 0) is 6.54 Å². The molecule has 0 aliphatic carbocycles. The number of carbonyl (C=O) groups is 1. The normalized spacial score (nSPS) is 15.4. The van der Waals surface area contributed by atoms with E-state index in [9.17, 15) is 4.79 Å². The highest BCUT2D eigenvalue weighted by atomic mass is 16.1. The first-order valence-corrected chi connectivity index (χ1v) is 11.2. The Hall–Kier alpha value is -3.38. The molecule has 1 aliphatic heterocycles. The number of carbonyl (C=O) groups excluding carboxylic acids is 1. The summed E-state index contributed by atoms with van der Waals surface area (Å²) in [6, 6.07) is 19.2. The number of nitrogens with two attached hydrogens (primary N) is 1. The van der Waals surface area contributed by atoms with E-state index in [1.165, 1.54) is 42.6 Å². The molecule has 32 heavy (non-hydrogen) atoms. The van der Waals surface area contributed by atoms with Gasteiger partial charge in [-0.2, -0.15) is 5.10 Å². The quantitative estimate of drug-likeness (QED) is 0.522. The van der Waals surface area contributed by atoms with E-state index in [1.54, 1.807) is 10.7 Å². The number of amides is 1. The summed E-state index contributed by atoms with van der Waals surface area (Å²) < 4.78 is 4.03. The maximum atomic E-state index is 11.5. The number of piperidine rings is 1. The van der Waals surface area contributed by atoms with Crippen molar-refractivity contribution in [3.05, 3.63) is 83.3 Å². The molecule has 1 aliphatic rings. The van der Waals surface area contributed by atoms with Crippen LogP contribution in [0.15, 0.2) is 60.8 Å². The van der Waals surface area contributed by atoms with Gasteiger partial charge in [0.1, 0.15) is 0 Å². The molecule has 0 atom stereocenters. The van der Waals surface area contributed by atoms with Gasteiger partial charge in [-0.1, -0.05) is 24.3 Å². The Bertz CT molecular complexity index is 1260. The number of primary amides is 1. The van der Waals surface area contributed by atoms with E-state index in [2.05, 4.69) is 70.3 Å². The first-order chi connectivity index (χ1) is 15.5. The Balaban J connectivity index is 1.35. The minimum atomic E-state index is -0.513. The highest BCUT2D eigenvalue weighted by Crippen LogP contribution is 2.28. The largest absolute Gasteiger partial charge is 0.364 e. The number of benzene rings is 2. The van der Waals surface area contributed by atoms with Gasteiger partial charge in [0.05, 0.1) is 5.69 Å². The monoisotopic (exact) mass is 427 g/mol. The fourth-order valence-electron chi connectivity index (χ4n) is 4.75. The first kappa shape index (κ1) is 20.5. The third-order valence-electron chi connectivity index (χ3n) is 6.66. The minimum Gasteiger partial charge on any atom is -0.364 e. The fourth-order valence-corrected chi connectivity index (χ4v) is 4.75. The molecule has 5 rings (SSSR count). The van der Waals surface area contributed by atoms with Crippen LogP contribution >= 0.6 is 0 Å². The molecule has 2 aromatic carbocycles. The average Bonchev–Trinajstić information content (AvgIpc) is 3.38. The lowest BCUT2D eigenvalue weighted by atomic mass is 9.89. The van der Waals surface area contributed by atoms with Crippen molar-refractivity contribution < 1.29 is 4.79 Å².